The highest BCUT2D eigenvalue weighted by Crippen LogP contribution is 2.32. The second-order valence-electron chi connectivity index (χ2n) is 5.69. The Bertz CT molecular complexity index is 1140. The predicted molar refractivity (Wildman–Crippen MR) is 87.8 cm³/mol. The van der Waals surface area contributed by atoms with Crippen LogP contribution < -0.4 is 10.8 Å². The van der Waals surface area contributed by atoms with E-state index in [-0.39, 0.29) is 28.5 Å². The number of rotatable bonds is 4. The summed E-state index contributed by atoms with van der Waals surface area (Å²) in [4.78, 5) is 27.1. The van der Waals surface area contributed by atoms with Gasteiger partial charge < -0.3 is 10.2 Å². The monoisotopic (exact) mass is 379 g/mol. The number of aliphatic hydroxyl groups is 1. The number of carboxylic acid groups (broad SMARTS) is 1. The lowest BCUT2D eigenvalue weighted by molar-refractivity contribution is -0.138. The van der Waals surface area contributed by atoms with Crippen molar-refractivity contribution < 1.29 is 28.2 Å². The van der Waals surface area contributed by atoms with Crippen LogP contribution in [0.1, 0.15) is 18.4 Å². The lowest BCUT2D eigenvalue weighted by Gasteiger charge is -2.09. The molecule has 0 spiro atoms. The van der Waals surface area contributed by atoms with Crippen LogP contribution in [0.25, 0.3) is 22.5 Å². The van der Waals surface area contributed by atoms with Gasteiger partial charge in [-0.1, -0.05) is 12.1 Å². The van der Waals surface area contributed by atoms with Gasteiger partial charge in [-0.2, -0.15) is 18.3 Å². The number of halogens is 3. The van der Waals surface area contributed by atoms with E-state index in [2.05, 4.69) is 10.1 Å². The van der Waals surface area contributed by atoms with E-state index in [4.69, 9.17) is 5.11 Å². The van der Waals surface area contributed by atoms with Crippen LogP contribution in [0.2, 0.25) is 0 Å². The minimum Gasteiger partial charge on any atom is -0.510 e. The van der Waals surface area contributed by atoms with Crippen molar-refractivity contribution in [1.29, 1.82) is 0 Å². The first-order valence-electron chi connectivity index (χ1n) is 7.67. The second kappa shape index (κ2) is 6.71. The van der Waals surface area contributed by atoms with E-state index >= 15 is 0 Å². The molecular weight excluding hydrogens is 367 g/mol. The number of hydrogen-bond acceptors (Lipinski definition) is 5. The van der Waals surface area contributed by atoms with Crippen LogP contribution >= 0.6 is 0 Å². The zero-order chi connectivity index (χ0) is 19.8. The van der Waals surface area contributed by atoms with Gasteiger partial charge in [-0.05, 0) is 23.8 Å². The molecule has 2 heterocycles. The lowest BCUT2D eigenvalue weighted by atomic mass is 10.0. The minimum atomic E-state index is -4.55. The van der Waals surface area contributed by atoms with Crippen LogP contribution in [0.3, 0.4) is 0 Å². The standard InChI is InChI=1S/C17H12F3N3O4/c18-17(19,20)10-3-1-2-9(6-10)11-7-13(25)15(12(24)4-5-14(26)27)23-16(11)21-8-22-23/h1-3,6-8,24H,4-5H2,(H,26,27). The molecule has 0 radical (unpaired) electrons. The van der Waals surface area contributed by atoms with Crippen LogP contribution in [-0.4, -0.2) is 30.8 Å². The summed E-state index contributed by atoms with van der Waals surface area (Å²) in [6.07, 6.45) is -4.18. The molecule has 0 saturated carbocycles. The molecule has 3 aromatic rings. The number of benzene rings is 1. The fourth-order valence-corrected chi connectivity index (χ4v) is 2.64. The molecule has 0 fully saturated rings. The molecule has 0 amide bonds. The van der Waals surface area contributed by atoms with Gasteiger partial charge in [0, 0.05) is 12.0 Å². The third kappa shape index (κ3) is 3.59. The van der Waals surface area contributed by atoms with Crippen LogP contribution in [0.15, 0.2) is 41.5 Å². The third-order valence-corrected chi connectivity index (χ3v) is 3.86. The second-order valence-corrected chi connectivity index (χ2v) is 5.69. The molecular formula is C17H12F3N3O4. The van der Waals surface area contributed by atoms with E-state index in [9.17, 15) is 27.9 Å². The van der Waals surface area contributed by atoms with E-state index in [0.717, 1.165) is 29.0 Å². The summed E-state index contributed by atoms with van der Waals surface area (Å²) >= 11 is 0. The zero-order valence-corrected chi connectivity index (χ0v) is 13.6. The largest absolute Gasteiger partial charge is 0.510 e. The summed E-state index contributed by atoms with van der Waals surface area (Å²) in [6.45, 7) is 0. The number of fused-ring (bicyclic) bond motifs is 1. The van der Waals surface area contributed by atoms with Gasteiger partial charge in [0.15, 0.2) is 11.0 Å². The van der Waals surface area contributed by atoms with Gasteiger partial charge >= 0.3 is 12.1 Å². The van der Waals surface area contributed by atoms with Gasteiger partial charge in [0.25, 0.3) is 0 Å². The molecule has 27 heavy (non-hydrogen) atoms. The van der Waals surface area contributed by atoms with Crippen molar-refractivity contribution in [3.05, 3.63) is 57.8 Å². The zero-order valence-electron chi connectivity index (χ0n) is 13.6. The molecule has 0 aliphatic rings. The van der Waals surface area contributed by atoms with Crippen LogP contribution in [0.4, 0.5) is 13.2 Å². The van der Waals surface area contributed by atoms with Crippen molar-refractivity contribution in [3.63, 3.8) is 0 Å². The Kier molecular flexibility index (Phi) is 4.56. The number of carboxylic acids is 1. The fourth-order valence-electron chi connectivity index (χ4n) is 2.64. The number of aromatic nitrogens is 3. The van der Waals surface area contributed by atoms with Crippen LogP contribution in [0.5, 0.6) is 0 Å². The van der Waals surface area contributed by atoms with Gasteiger partial charge in [-0.3, -0.25) is 9.59 Å². The molecule has 10 heteroatoms. The summed E-state index contributed by atoms with van der Waals surface area (Å²) in [5.41, 5.74) is -1.32. The number of alkyl halides is 3. The van der Waals surface area contributed by atoms with Gasteiger partial charge in [0.05, 0.1) is 12.0 Å². The van der Waals surface area contributed by atoms with E-state index < -0.39 is 35.3 Å². The van der Waals surface area contributed by atoms with E-state index in [1.807, 2.05) is 0 Å². The number of hydrogen-bond donors (Lipinski definition) is 2. The summed E-state index contributed by atoms with van der Waals surface area (Å²) in [7, 11) is 0. The van der Waals surface area contributed by atoms with Gasteiger partial charge in [-0.15, -0.1) is 0 Å². The molecule has 3 rings (SSSR count). The normalized spacial score (nSPS) is 13.0. The topological polar surface area (TPSA) is 105 Å². The number of pyridine rings is 1. The Morgan fingerprint density at radius 2 is 1.89 bits per heavy atom. The maximum absolute atomic E-state index is 13.0. The van der Waals surface area contributed by atoms with E-state index in [1.165, 1.54) is 12.1 Å². The number of carbonyl (C=O) groups is 1. The van der Waals surface area contributed by atoms with Gasteiger partial charge in [-0.25, -0.2) is 9.50 Å². The smallest absolute Gasteiger partial charge is 0.416 e. The van der Waals surface area contributed by atoms with E-state index in [1.54, 1.807) is 0 Å². The summed E-state index contributed by atoms with van der Waals surface area (Å²) in [5.74, 6) is -1.65. The van der Waals surface area contributed by atoms with Crippen LogP contribution in [0, 0.1) is 0 Å². The van der Waals surface area contributed by atoms with Gasteiger partial charge in [0.1, 0.15) is 12.1 Å². The summed E-state index contributed by atoms with van der Waals surface area (Å²) < 4.78 is 39.9. The number of aliphatic hydroxyl groups excluding tert-OH is 1. The first-order chi connectivity index (χ1) is 12.7. The average Bonchev–Trinajstić information content (AvgIpc) is 3.07. The Hall–Kier alpha value is -3.43. The minimum absolute atomic E-state index is 0.0609. The predicted octanol–water partition coefficient (Wildman–Crippen LogP) is 2.03. The van der Waals surface area contributed by atoms with Crippen molar-refractivity contribution in [2.75, 3.05) is 0 Å². The quantitative estimate of drug-likeness (QED) is 0.719. The molecule has 0 atom stereocenters. The molecule has 0 saturated heterocycles. The van der Waals surface area contributed by atoms with Crippen molar-refractivity contribution in [2.45, 2.75) is 19.0 Å². The molecule has 0 aliphatic carbocycles. The Labute approximate surface area is 149 Å². The summed E-state index contributed by atoms with van der Waals surface area (Å²) in [6, 6.07) is 5.44. The third-order valence-electron chi connectivity index (χ3n) is 3.86. The number of aliphatic carboxylic acids is 1. The van der Waals surface area contributed by atoms with Gasteiger partial charge in [0.2, 0.25) is 5.43 Å². The molecule has 0 bridgehead atoms. The van der Waals surface area contributed by atoms with Crippen molar-refractivity contribution >= 4 is 17.4 Å². The lowest BCUT2D eigenvalue weighted by Crippen LogP contribution is -2.34. The van der Waals surface area contributed by atoms with Crippen molar-refractivity contribution in [2.24, 2.45) is 0 Å². The van der Waals surface area contributed by atoms with Crippen molar-refractivity contribution in [1.82, 2.24) is 14.6 Å². The summed E-state index contributed by atoms with van der Waals surface area (Å²) in [5, 5.41) is 22.4. The Morgan fingerprint density at radius 1 is 1.15 bits per heavy atom. The molecule has 140 valence electrons. The highest BCUT2D eigenvalue weighted by molar-refractivity contribution is 5.77. The molecule has 0 aliphatic heterocycles. The Morgan fingerprint density at radius 3 is 2.56 bits per heavy atom. The maximum atomic E-state index is 13.0. The molecule has 0 unspecified atom stereocenters. The first-order valence-corrected chi connectivity index (χ1v) is 7.67. The number of nitrogens with zero attached hydrogens (tertiary/aromatic N) is 3. The van der Waals surface area contributed by atoms with Crippen molar-refractivity contribution in [3.8, 4) is 11.1 Å². The first kappa shape index (κ1) is 18.4. The highest BCUT2D eigenvalue weighted by atomic mass is 19.4. The van der Waals surface area contributed by atoms with E-state index in [0.29, 0.717) is 0 Å². The van der Waals surface area contributed by atoms with Crippen LogP contribution in [-0.2, 0) is 11.0 Å². The molecule has 7 nitrogen and oxygen atoms in total. The maximum Gasteiger partial charge on any atom is 0.416 e. The molecule has 1 aromatic carbocycles. The SMILES string of the molecule is O=C(O)CCC(O)=c1c(=O)cc(-c2cccc(C(F)(F)F)c2)c2ncnn12. The molecule has 2 N–H and O–H groups in total. The molecule has 2 aromatic heterocycles. The fraction of sp³-hybridized carbons (Fsp3) is 0.176. The highest BCUT2D eigenvalue weighted by Gasteiger charge is 2.30. The average molecular weight is 379 g/mol. The Balaban J connectivity index is 2.23.